The molecule has 0 aromatic heterocycles. The standard InChI is InChI=1S/C14H17NO2/c1-10(2)9-14(17)15-8-7-13(16)11-5-3-4-6-12(11)15/h3-6,10H,7-9H2,1-2H3. The van der Waals surface area contributed by atoms with E-state index < -0.39 is 0 Å². The lowest BCUT2D eigenvalue weighted by Gasteiger charge is -2.29. The molecule has 0 fully saturated rings. The first-order valence-electron chi connectivity index (χ1n) is 6.02. The third kappa shape index (κ3) is 2.38. The van der Waals surface area contributed by atoms with Crippen molar-refractivity contribution in [2.24, 2.45) is 5.92 Å². The predicted molar refractivity (Wildman–Crippen MR) is 67.2 cm³/mol. The monoisotopic (exact) mass is 231 g/mol. The fourth-order valence-corrected chi connectivity index (χ4v) is 2.13. The van der Waals surface area contributed by atoms with Crippen molar-refractivity contribution < 1.29 is 9.59 Å². The zero-order valence-electron chi connectivity index (χ0n) is 10.3. The highest BCUT2D eigenvalue weighted by Crippen LogP contribution is 2.27. The maximum Gasteiger partial charge on any atom is 0.227 e. The quantitative estimate of drug-likeness (QED) is 0.784. The molecule has 1 aliphatic rings. The van der Waals surface area contributed by atoms with E-state index in [-0.39, 0.29) is 11.7 Å². The number of carbonyl (C=O) groups excluding carboxylic acids is 2. The Balaban J connectivity index is 2.30. The molecule has 3 heteroatoms. The molecule has 0 unspecified atom stereocenters. The zero-order chi connectivity index (χ0) is 12.4. The Morgan fingerprint density at radius 2 is 2.06 bits per heavy atom. The van der Waals surface area contributed by atoms with E-state index in [1.165, 1.54) is 0 Å². The van der Waals surface area contributed by atoms with Crippen LogP contribution in [0, 0.1) is 5.92 Å². The minimum atomic E-state index is 0.111. The van der Waals surface area contributed by atoms with Gasteiger partial charge in [0.05, 0.1) is 5.69 Å². The van der Waals surface area contributed by atoms with Crippen LogP contribution in [0.2, 0.25) is 0 Å². The summed E-state index contributed by atoms with van der Waals surface area (Å²) in [4.78, 5) is 25.6. The first-order valence-corrected chi connectivity index (χ1v) is 6.02. The third-order valence-electron chi connectivity index (χ3n) is 2.94. The Kier molecular flexibility index (Phi) is 3.27. The molecule has 1 aromatic rings. The lowest BCUT2D eigenvalue weighted by atomic mass is 9.99. The zero-order valence-corrected chi connectivity index (χ0v) is 10.3. The summed E-state index contributed by atoms with van der Waals surface area (Å²) in [6, 6.07) is 7.36. The largest absolute Gasteiger partial charge is 0.311 e. The first kappa shape index (κ1) is 11.8. The Hall–Kier alpha value is -1.64. The molecule has 1 aromatic carbocycles. The molecule has 90 valence electrons. The van der Waals surface area contributed by atoms with E-state index in [4.69, 9.17) is 0 Å². The normalized spacial score (nSPS) is 15.0. The molecule has 2 rings (SSSR count). The van der Waals surface area contributed by atoms with Crippen LogP contribution in [0.15, 0.2) is 24.3 Å². The molecule has 0 radical (unpaired) electrons. The van der Waals surface area contributed by atoms with Gasteiger partial charge in [0.2, 0.25) is 5.91 Å². The van der Waals surface area contributed by atoms with Gasteiger partial charge in [-0.3, -0.25) is 9.59 Å². The Morgan fingerprint density at radius 3 is 2.76 bits per heavy atom. The molecule has 1 aliphatic heterocycles. The van der Waals surface area contributed by atoms with Gasteiger partial charge in [0, 0.05) is 24.9 Å². The number of rotatable bonds is 2. The van der Waals surface area contributed by atoms with Crippen molar-refractivity contribution in [1.82, 2.24) is 0 Å². The summed E-state index contributed by atoms with van der Waals surface area (Å²) in [6.07, 6.45) is 0.962. The van der Waals surface area contributed by atoms with Gasteiger partial charge in [-0.25, -0.2) is 0 Å². The number of amides is 1. The van der Waals surface area contributed by atoms with E-state index >= 15 is 0 Å². The summed E-state index contributed by atoms with van der Waals surface area (Å²) in [5.74, 6) is 0.585. The van der Waals surface area contributed by atoms with Gasteiger partial charge in [-0.2, -0.15) is 0 Å². The fraction of sp³-hybridized carbons (Fsp3) is 0.429. The van der Waals surface area contributed by atoms with Gasteiger partial charge in [0.25, 0.3) is 0 Å². The summed E-state index contributed by atoms with van der Waals surface area (Å²) in [7, 11) is 0. The molecular formula is C14H17NO2. The molecular weight excluding hydrogens is 214 g/mol. The number of hydrogen-bond acceptors (Lipinski definition) is 2. The topological polar surface area (TPSA) is 37.4 Å². The summed E-state index contributed by atoms with van der Waals surface area (Å²) >= 11 is 0. The van der Waals surface area contributed by atoms with Crippen molar-refractivity contribution >= 4 is 17.4 Å². The molecule has 0 atom stereocenters. The van der Waals surface area contributed by atoms with Crippen LogP contribution in [-0.4, -0.2) is 18.2 Å². The molecule has 0 saturated carbocycles. The van der Waals surface area contributed by atoms with Crippen LogP contribution in [0.1, 0.15) is 37.0 Å². The number of nitrogens with zero attached hydrogens (tertiary/aromatic N) is 1. The van der Waals surface area contributed by atoms with Crippen LogP contribution in [0.5, 0.6) is 0 Å². The van der Waals surface area contributed by atoms with Gasteiger partial charge in [-0.05, 0) is 18.1 Å². The number of benzene rings is 1. The molecule has 0 spiro atoms. The number of Topliss-reactive ketones (excluding diaryl/α,β-unsaturated/α-hetero) is 1. The number of para-hydroxylation sites is 1. The molecule has 17 heavy (non-hydrogen) atoms. The lowest BCUT2D eigenvalue weighted by Crippen LogP contribution is -2.37. The smallest absolute Gasteiger partial charge is 0.227 e. The van der Waals surface area contributed by atoms with Crippen LogP contribution < -0.4 is 4.90 Å². The van der Waals surface area contributed by atoms with Crippen molar-refractivity contribution in [3.63, 3.8) is 0 Å². The van der Waals surface area contributed by atoms with Gasteiger partial charge >= 0.3 is 0 Å². The van der Waals surface area contributed by atoms with E-state index in [1.807, 2.05) is 32.0 Å². The average Bonchev–Trinajstić information content (AvgIpc) is 2.29. The van der Waals surface area contributed by atoms with Crippen LogP contribution in [0.4, 0.5) is 5.69 Å². The Morgan fingerprint density at radius 1 is 1.35 bits per heavy atom. The SMILES string of the molecule is CC(C)CC(=O)N1CCC(=O)c2ccccc21. The highest BCUT2D eigenvalue weighted by atomic mass is 16.2. The molecule has 0 N–H and O–H groups in total. The highest BCUT2D eigenvalue weighted by Gasteiger charge is 2.26. The predicted octanol–water partition coefficient (Wildman–Crippen LogP) is 2.65. The van der Waals surface area contributed by atoms with E-state index in [2.05, 4.69) is 0 Å². The van der Waals surface area contributed by atoms with Crippen LogP contribution >= 0.6 is 0 Å². The van der Waals surface area contributed by atoms with E-state index in [0.717, 1.165) is 5.69 Å². The van der Waals surface area contributed by atoms with Crippen molar-refractivity contribution in [1.29, 1.82) is 0 Å². The highest BCUT2D eigenvalue weighted by molar-refractivity contribution is 6.08. The number of ketones is 1. The van der Waals surface area contributed by atoms with Crippen molar-refractivity contribution in [2.75, 3.05) is 11.4 Å². The van der Waals surface area contributed by atoms with E-state index in [0.29, 0.717) is 30.9 Å². The first-order chi connectivity index (χ1) is 8.09. The Labute approximate surface area is 101 Å². The number of anilines is 1. The second-order valence-corrected chi connectivity index (χ2v) is 4.83. The van der Waals surface area contributed by atoms with E-state index in [9.17, 15) is 9.59 Å². The number of fused-ring (bicyclic) bond motifs is 1. The van der Waals surface area contributed by atoms with Gasteiger partial charge in [-0.15, -0.1) is 0 Å². The van der Waals surface area contributed by atoms with Crippen LogP contribution in [-0.2, 0) is 4.79 Å². The summed E-state index contributed by atoms with van der Waals surface area (Å²) in [5, 5.41) is 0. The minimum Gasteiger partial charge on any atom is -0.311 e. The fourth-order valence-electron chi connectivity index (χ4n) is 2.13. The van der Waals surface area contributed by atoms with Crippen molar-refractivity contribution in [3.05, 3.63) is 29.8 Å². The van der Waals surface area contributed by atoms with Gasteiger partial charge in [-0.1, -0.05) is 26.0 Å². The molecule has 0 bridgehead atoms. The second kappa shape index (κ2) is 4.70. The molecule has 1 amide bonds. The molecule has 0 saturated heterocycles. The lowest BCUT2D eigenvalue weighted by molar-refractivity contribution is -0.119. The second-order valence-electron chi connectivity index (χ2n) is 4.83. The molecule has 3 nitrogen and oxygen atoms in total. The average molecular weight is 231 g/mol. The number of hydrogen-bond donors (Lipinski definition) is 0. The molecule has 1 heterocycles. The van der Waals surface area contributed by atoms with Gasteiger partial charge < -0.3 is 4.90 Å². The Bertz CT molecular complexity index is 451. The molecule has 0 aliphatic carbocycles. The maximum absolute atomic E-state index is 12.1. The van der Waals surface area contributed by atoms with Crippen LogP contribution in [0.3, 0.4) is 0 Å². The van der Waals surface area contributed by atoms with E-state index in [1.54, 1.807) is 11.0 Å². The number of carbonyl (C=O) groups is 2. The summed E-state index contributed by atoms with van der Waals surface area (Å²) < 4.78 is 0. The van der Waals surface area contributed by atoms with Gasteiger partial charge in [0.15, 0.2) is 5.78 Å². The minimum absolute atomic E-state index is 0.111. The van der Waals surface area contributed by atoms with Gasteiger partial charge in [0.1, 0.15) is 0 Å². The van der Waals surface area contributed by atoms with Crippen LogP contribution in [0.25, 0.3) is 0 Å². The maximum atomic E-state index is 12.1. The van der Waals surface area contributed by atoms with Crippen molar-refractivity contribution in [2.45, 2.75) is 26.7 Å². The summed E-state index contributed by atoms with van der Waals surface area (Å²) in [6.45, 7) is 4.57. The third-order valence-corrected chi connectivity index (χ3v) is 2.94. The van der Waals surface area contributed by atoms with Crippen molar-refractivity contribution in [3.8, 4) is 0 Å². The summed E-state index contributed by atoms with van der Waals surface area (Å²) in [5.41, 5.74) is 1.45.